The monoisotopic (exact) mass is 293 g/mol. The normalized spacial score (nSPS) is 11.0. The highest BCUT2D eigenvalue weighted by Crippen LogP contribution is 2.27. The lowest BCUT2D eigenvalue weighted by molar-refractivity contribution is 0.427. The number of nitrogens with zero attached hydrogens (tertiary/aromatic N) is 4. The Balaban J connectivity index is 1.69. The zero-order valence-electron chi connectivity index (χ0n) is 10.1. The van der Waals surface area contributed by atoms with Gasteiger partial charge in [-0.2, -0.15) is 0 Å². The summed E-state index contributed by atoms with van der Waals surface area (Å²) >= 11 is 3.15. The molecule has 3 aromatic heterocycles. The number of hydrogen-bond acceptors (Lipinski definition) is 7. The van der Waals surface area contributed by atoms with Crippen molar-refractivity contribution in [2.24, 2.45) is 7.05 Å². The summed E-state index contributed by atoms with van der Waals surface area (Å²) in [6, 6.07) is 5.93. The lowest BCUT2D eigenvalue weighted by atomic mass is 10.3. The Kier molecular flexibility index (Phi) is 3.26. The molecule has 8 heteroatoms. The van der Waals surface area contributed by atoms with E-state index in [1.807, 2.05) is 30.6 Å². The van der Waals surface area contributed by atoms with Crippen LogP contribution in [0.2, 0.25) is 0 Å². The number of rotatable bonds is 4. The quantitative estimate of drug-likeness (QED) is 0.744. The summed E-state index contributed by atoms with van der Waals surface area (Å²) in [4.78, 5) is 1.08. The second kappa shape index (κ2) is 5.06. The summed E-state index contributed by atoms with van der Waals surface area (Å²) < 4.78 is 7.05. The van der Waals surface area contributed by atoms with Crippen molar-refractivity contribution in [3.8, 4) is 10.6 Å². The summed E-state index contributed by atoms with van der Waals surface area (Å²) in [6.07, 6.45) is 0. The fourth-order valence-corrected chi connectivity index (χ4v) is 2.98. The van der Waals surface area contributed by atoms with Crippen LogP contribution in [0.1, 0.15) is 5.69 Å². The van der Waals surface area contributed by atoms with Crippen molar-refractivity contribution in [1.82, 2.24) is 19.9 Å². The van der Waals surface area contributed by atoms with Gasteiger partial charge in [0.2, 0.25) is 5.95 Å². The van der Waals surface area contributed by atoms with Gasteiger partial charge in [0, 0.05) is 18.9 Å². The minimum Gasteiger partial charge on any atom is -0.368 e. The molecule has 19 heavy (non-hydrogen) atoms. The predicted molar refractivity (Wildman–Crippen MR) is 74.8 cm³/mol. The summed E-state index contributed by atoms with van der Waals surface area (Å²) in [5.74, 6) is 1.87. The van der Waals surface area contributed by atoms with Crippen LogP contribution in [0, 0.1) is 0 Å². The number of aromatic nitrogens is 4. The van der Waals surface area contributed by atoms with Gasteiger partial charge in [-0.25, -0.2) is 0 Å². The third kappa shape index (κ3) is 2.49. The van der Waals surface area contributed by atoms with E-state index < -0.39 is 0 Å². The molecular formula is C11H11N5OS2. The zero-order chi connectivity index (χ0) is 13.2. The molecule has 2 N–H and O–H groups in total. The number of hydrogen-bond donors (Lipinski definition) is 1. The Labute approximate surface area is 117 Å². The maximum absolute atomic E-state index is 5.62. The lowest BCUT2D eigenvalue weighted by Gasteiger charge is -1.98. The Hall–Kier alpha value is -1.80. The van der Waals surface area contributed by atoms with Crippen LogP contribution in [-0.2, 0) is 12.8 Å². The molecule has 0 aliphatic rings. The van der Waals surface area contributed by atoms with Crippen molar-refractivity contribution in [2.75, 3.05) is 5.73 Å². The highest BCUT2D eigenvalue weighted by atomic mass is 32.2. The molecule has 0 spiro atoms. The number of thioether (sulfide) groups is 1. The van der Waals surface area contributed by atoms with Crippen LogP contribution in [-0.4, -0.2) is 19.9 Å². The molecule has 0 atom stereocenters. The standard InChI is InChI=1S/C11H11N5OS2/c1-16-10(12)13-14-11(16)19-6-7-5-8(17-15-7)9-3-2-4-18-9/h2-5H,6H2,1H3,(H2,12,13). The van der Waals surface area contributed by atoms with Crippen LogP contribution in [0.3, 0.4) is 0 Å². The number of nitrogen functional groups attached to an aromatic ring is 1. The van der Waals surface area contributed by atoms with Gasteiger partial charge in [0.15, 0.2) is 10.9 Å². The third-order valence-corrected chi connectivity index (χ3v) is 4.48. The van der Waals surface area contributed by atoms with Crippen molar-refractivity contribution in [3.05, 3.63) is 29.3 Å². The summed E-state index contributed by atoms with van der Waals surface area (Å²) in [5.41, 5.74) is 6.49. The molecule has 98 valence electrons. The van der Waals surface area contributed by atoms with Gasteiger partial charge in [-0.3, -0.25) is 4.57 Å². The van der Waals surface area contributed by atoms with Gasteiger partial charge in [0.05, 0.1) is 10.6 Å². The van der Waals surface area contributed by atoms with Crippen LogP contribution in [0.25, 0.3) is 10.6 Å². The lowest BCUT2D eigenvalue weighted by Crippen LogP contribution is -1.98. The van der Waals surface area contributed by atoms with Gasteiger partial charge in [-0.05, 0) is 11.4 Å². The third-order valence-electron chi connectivity index (χ3n) is 2.54. The molecule has 6 nitrogen and oxygen atoms in total. The van der Waals surface area contributed by atoms with Crippen molar-refractivity contribution in [2.45, 2.75) is 10.9 Å². The summed E-state index contributed by atoms with van der Waals surface area (Å²) in [6.45, 7) is 0. The van der Waals surface area contributed by atoms with Crippen molar-refractivity contribution >= 4 is 29.0 Å². The van der Waals surface area contributed by atoms with E-state index in [0.29, 0.717) is 11.7 Å². The average Bonchev–Trinajstić information content (AvgIpc) is 3.11. The minimum atomic E-state index is 0.405. The van der Waals surface area contributed by atoms with Crippen molar-refractivity contribution < 1.29 is 4.52 Å². The van der Waals surface area contributed by atoms with E-state index in [2.05, 4.69) is 15.4 Å². The molecule has 0 aliphatic heterocycles. The van der Waals surface area contributed by atoms with Gasteiger partial charge in [0.25, 0.3) is 0 Å². The fourth-order valence-electron chi connectivity index (χ4n) is 1.51. The number of nitrogens with two attached hydrogens (primary N) is 1. The van der Waals surface area contributed by atoms with E-state index in [-0.39, 0.29) is 0 Å². The Morgan fingerprint density at radius 3 is 3.05 bits per heavy atom. The van der Waals surface area contributed by atoms with Gasteiger partial charge >= 0.3 is 0 Å². The number of thiophene rings is 1. The smallest absolute Gasteiger partial charge is 0.222 e. The Bertz CT molecular complexity index is 673. The van der Waals surface area contributed by atoms with E-state index >= 15 is 0 Å². The SMILES string of the molecule is Cn1c(N)nnc1SCc1cc(-c2cccs2)on1. The zero-order valence-corrected chi connectivity index (χ0v) is 11.7. The van der Waals surface area contributed by atoms with Gasteiger partial charge in [-0.1, -0.05) is 23.0 Å². The van der Waals surface area contributed by atoms with E-state index in [4.69, 9.17) is 10.3 Å². The van der Waals surface area contributed by atoms with E-state index in [0.717, 1.165) is 21.5 Å². The molecule has 0 saturated carbocycles. The predicted octanol–water partition coefficient (Wildman–Crippen LogP) is 2.41. The molecule has 0 aromatic carbocycles. The minimum absolute atomic E-state index is 0.405. The first kappa shape index (κ1) is 12.2. The summed E-state index contributed by atoms with van der Waals surface area (Å²) in [5, 5.41) is 14.6. The fraction of sp³-hybridized carbons (Fsp3) is 0.182. The van der Waals surface area contributed by atoms with Crippen molar-refractivity contribution in [3.63, 3.8) is 0 Å². The maximum atomic E-state index is 5.62. The first-order valence-electron chi connectivity index (χ1n) is 5.51. The van der Waals surface area contributed by atoms with E-state index in [9.17, 15) is 0 Å². The Morgan fingerprint density at radius 1 is 1.47 bits per heavy atom. The van der Waals surface area contributed by atoms with E-state index in [1.54, 1.807) is 15.9 Å². The molecule has 3 aromatic rings. The molecule has 3 rings (SSSR count). The molecule has 0 amide bonds. The molecule has 0 unspecified atom stereocenters. The van der Waals surface area contributed by atoms with Gasteiger partial charge in [-0.15, -0.1) is 21.5 Å². The first-order valence-corrected chi connectivity index (χ1v) is 7.37. The largest absolute Gasteiger partial charge is 0.368 e. The van der Waals surface area contributed by atoms with Crippen LogP contribution >= 0.6 is 23.1 Å². The van der Waals surface area contributed by atoms with Crippen LogP contribution in [0.5, 0.6) is 0 Å². The number of anilines is 1. The molecule has 0 fully saturated rings. The van der Waals surface area contributed by atoms with Gasteiger partial charge in [0.1, 0.15) is 0 Å². The van der Waals surface area contributed by atoms with E-state index in [1.165, 1.54) is 11.8 Å². The molecule has 3 heterocycles. The van der Waals surface area contributed by atoms with Crippen LogP contribution in [0.15, 0.2) is 33.3 Å². The maximum Gasteiger partial charge on any atom is 0.222 e. The highest BCUT2D eigenvalue weighted by Gasteiger charge is 2.10. The topological polar surface area (TPSA) is 82.8 Å². The summed E-state index contributed by atoms with van der Waals surface area (Å²) in [7, 11) is 1.83. The molecule has 0 aliphatic carbocycles. The molecule has 0 bridgehead atoms. The second-order valence-corrected chi connectivity index (χ2v) is 5.74. The Morgan fingerprint density at radius 2 is 2.37 bits per heavy atom. The van der Waals surface area contributed by atoms with Crippen LogP contribution < -0.4 is 5.73 Å². The van der Waals surface area contributed by atoms with Crippen molar-refractivity contribution in [1.29, 1.82) is 0 Å². The first-order chi connectivity index (χ1) is 9.24. The van der Waals surface area contributed by atoms with Gasteiger partial charge < -0.3 is 10.3 Å². The highest BCUT2D eigenvalue weighted by molar-refractivity contribution is 7.98. The second-order valence-electron chi connectivity index (χ2n) is 3.85. The molecule has 0 saturated heterocycles. The molecule has 0 radical (unpaired) electrons. The molecular weight excluding hydrogens is 282 g/mol. The van der Waals surface area contributed by atoms with Crippen LogP contribution in [0.4, 0.5) is 5.95 Å². The average molecular weight is 293 g/mol.